The first-order valence-corrected chi connectivity index (χ1v) is 0. The van der Waals surface area contributed by atoms with E-state index in [4.69, 9.17) is 0 Å². The van der Waals surface area contributed by atoms with E-state index in [2.05, 4.69) is 0 Å². The minimum atomic E-state index is 0. The van der Waals surface area contributed by atoms with Crippen LogP contribution in [0.15, 0.2) is 0 Å². The third kappa shape index (κ3) is 33.1. The Morgan fingerprint density at radius 2 is 0.333 bits per heavy atom. The standard InChI is InChI=1S/Bi.5ClH/h;5*1H/q+5;;;;;/p-5. The van der Waals surface area contributed by atoms with Crippen molar-refractivity contribution in [2.45, 2.75) is 0 Å². The first kappa shape index (κ1) is 82.3. The molecule has 0 aliphatic rings. The van der Waals surface area contributed by atoms with Gasteiger partial charge < -0.3 is 62.0 Å². The maximum absolute atomic E-state index is 0. The molecule has 0 N–H and O–H groups in total. The molecule has 0 unspecified atom stereocenters. The zero-order chi connectivity index (χ0) is 0. The Morgan fingerprint density at radius 3 is 0.333 bits per heavy atom. The number of hydrogen-bond acceptors (Lipinski definition) is 0. The van der Waals surface area contributed by atoms with Gasteiger partial charge in [0.1, 0.15) is 0 Å². The molecule has 0 radical (unpaired) electrons. The third-order valence-electron chi connectivity index (χ3n) is 0. The van der Waals surface area contributed by atoms with Gasteiger partial charge in [0.05, 0.1) is 0 Å². The number of hydrogen-bond donors (Lipinski definition) is 0. The van der Waals surface area contributed by atoms with Crippen LogP contribution in [-0.4, -0.2) is 26.2 Å². The van der Waals surface area contributed by atoms with E-state index in [1.807, 2.05) is 0 Å². The minimum Gasteiger partial charge on any atom is -1.00 e. The molecule has 0 bridgehead atoms. The van der Waals surface area contributed by atoms with Crippen LogP contribution in [-0.2, 0) is 0 Å². The van der Waals surface area contributed by atoms with E-state index in [-0.39, 0.29) is 88.2 Å². The fourth-order valence-corrected chi connectivity index (χ4v) is 0. The summed E-state index contributed by atoms with van der Waals surface area (Å²) in [5, 5.41) is 0. The summed E-state index contributed by atoms with van der Waals surface area (Å²) >= 11 is 0. The Bertz CT molecular complexity index is 3.90. The molecule has 0 nitrogen and oxygen atoms in total. The Hall–Kier alpha value is 2.33. The van der Waals surface area contributed by atoms with Crippen LogP contribution in [0.5, 0.6) is 0 Å². The Morgan fingerprint density at radius 1 is 0.333 bits per heavy atom. The van der Waals surface area contributed by atoms with Crippen molar-refractivity contribution in [3.05, 3.63) is 0 Å². The van der Waals surface area contributed by atoms with Crippen molar-refractivity contribution >= 4 is 26.2 Å². The van der Waals surface area contributed by atoms with Gasteiger partial charge in [0, 0.05) is 0 Å². The number of halogens is 5. The number of rotatable bonds is 0. The van der Waals surface area contributed by atoms with Crippen LogP contribution in [0.3, 0.4) is 0 Å². The fourth-order valence-electron chi connectivity index (χ4n) is 0. The van der Waals surface area contributed by atoms with Crippen molar-refractivity contribution in [2.75, 3.05) is 0 Å². The third-order valence-corrected chi connectivity index (χ3v) is 0. The topological polar surface area (TPSA) is 0 Å². The summed E-state index contributed by atoms with van der Waals surface area (Å²) in [5.74, 6) is 0. The molecule has 0 aromatic carbocycles. The predicted octanol–water partition coefficient (Wildman–Crippen LogP) is -15.4. The van der Waals surface area contributed by atoms with Gasteiger partial charge in [-0.1, -0.05) is 0 Å². The zero-order valence-electron chi connectivity index (χ0n) is 2.34. The molecule has 0 fully saturated rings. The first-order valence-electron chi connectivity index (χ1n) is 0. The van der Waals surface area contributed by atoms with Crippen molar-refractivity contribution in [1.29, 1.82) is 0 Å². The summed E-state index contributed by atoms with van der Waals surface area (Å²) in [6.45, 7) is 0. The van der Waals surface area contributed by atoms with Crippen LogP contribution in [0.25, 0.3) is 0 Å². The molecule has 40 valence electrons. The van der Waals surface area contributed by atoms with Gasteiger partial charge in [0.2, 0.25) is 0 Å². The summed E-state index contributed by atoms with van der Waals surface area (Å²) < 4.78 is 0. The van der Waals surface area contributed by atoms with Crippen LogP contribution in [0.2, 0.25) is 0 Å². The summed E-state index contributed by atoms with van der Waals surface area (Å²) in [7, 11) is 0. The smallest absolute Gasteiger partial charge is 1.00 e. The van der Waals surface area contributed by atoms with Crippen molar-refractivity contribution in [3.8, 4) is 0 Å². The van der Waals surface area contributed by atoms with E-state index in [9.17, 15) is 0 Å². The molecule has 0 saturated heterocycles. The first-order chi connectivity index (χ1) is 0. The van der Waals surface area contributed by atoms with Gasteiger partial charge >= 0.3 is 26.2 Å². The monoisotopic (exact) mass is 384 g/mol. The van der Waals surface area contributed by atoms with Crippen LogP contribution in [0.4, 0.5) is 0 Å². The predicted molar refractivity (Wildman–Crippen MR) is 5.75 cm³/mol. The van der Waals surface area contributed by atoms with E-state index in [1.165, 1.54) is 0 Å². The SMILES string of the molecule is [Bi+5].[Cl-].[Cl-].[Cl-].[Cl-].[Cl-]. The molecular weight excluding hydrogens is 386 g/mol. The van der Waals surface area contributed by atoms with Crippen molar-refractivity contribution in [2.24, 2.45) is 0 Å². The fraction of sp³-hybridized carbons (Fsp3) is 0. The van der Waals surface area contributed by atoms with E-state index in [1.54, 1.807) is 0 Å². The van der Waals surface area contributed by atoms with Crippen molar-refractivity contribution in [1.82, 2.24) is 0 Å². The van der Waals surface area contributed by atoms with E-state index in [0.29, 0.717) is 0 Å². The Balaban J connectivity index is 0. The summed E-state index contributed by atoms with van der Waals surface area (Å²) in [6, 6.07) is 0. The molecule has 0 rings (SSSR count). The average molecular weight is 386 g/mol. The summed E-state index contributed by atoms with van der Waals surface area (Å²) in [4.78, 5) is 0. The molecule has 0 atom stereocenters. The van der Waals surface area contributed by atoms with Gasteiger partial charge in [-0.2, -0.15) is 0 Å². The quantitative estimate of drug-likeness (QED) is 0.363. The van der Waals surface area contributed by atoms with Crippen LogP contribution < -0.4 is 62.0 Å². The molecule has 6 heteroatoms. The Labute approximate surface area is 87.4 Å². The molecule has 0 aromatic heterocycles. The molecule has 0 heterocycles. The van der Waals surface area contributed by atoms with Gasteiger partial charge in [-0.3, -0.25) is 0 Å². The minimum absolute atomic E-state index is 0. The second-order valence-corrected chi connectivity index (χ2v) is 0. The van der Waals surface area contributed by atoms with Crippen molar-refractivity contribution in [3.63, 3.8) is 0 Å². The zero-order valence-corrected chi connectivity index (χ0v) is 9.59. The van der Waals surface area contributed by atoms with E-state index < -0.39 is 0 Å². The van der Waals surface area contributed by atoms with E-state index >= 15 is 0 Å². The van der Waals surface area contributed by atoms with E-state index in [0.717, 1.165) is 0 Å². The Kier molecular flexibility index (Phi) is 741. The molecule has 0 aliphatic carbocycles. The summed E-state index contributed by atoms with van der Waals surface area (Å²) in [5.41, 5.74) is 0. The molecule has 6 heavy (non-hydrogen) atoms. The van der Waals surface area contributed by atoms with Gasteiger partial charge in [-0.25, -0.2) is 0 Å². The molecular formula is BiCl5. The van der Waals surface area contributed by atoms with Crippen LogP contribution in [0, 0.1) is 0 Å². The molecule has 0 saturated carbocycles. The molecule has 0 aliphatic heterocycles. The second kappa shape index (κ2) is 54.0. The van der Waals surface area contributed by atoms with Gasteiger partial charge in [-0.15, -0.1) is 0 Å². The molecule has 0 aromatic rings. The maximum atomic E-state index is 0. The average Bonchev–Trinajstić information content (AvgIpc) is 0. The van der Waals surface area contributed by atoms with Gasteiger partial charge in [-0.05, 0) is 0 Å². The van der Waals surface area contributed by atoms with Crippen LogP contribution >= 0.6 is 0 Å². The second-order valence-electron chi connectivity index (χ2n) is 0. The summed E-state index contributed by atoms with van der Waals surface area (Å²) in [6.07, 6.45) is 0. The van der Waals surface area contributed by atoms with Gasteiger partial charge in [0.15, 0.2) is 0 Å². The normalized spacial score (nSPS) is 0. The largest absolute Gasteiger partial charge is 5.00 e. The van der Waals surface area contributed by atoms with Crippen molar-refractivity contribution < 1.29 is 62.0 Å². The molecule has 0 amide bonds. The van der Waals surface area contributed by atoms with Gasteiger partial charge in [0.25, 0.3) is 0 Å². The maximum Gasteiger partial charge on any atom is 5.00 e. The molecule has 0 spiro atoms. The van der Waals surface area contributed by atoms with Crippen LogP contribution in [0.1, 0.15) is 0 Å².